The van der Waals surface area contributed by atoms with Gasteiger partial charge in [-0.2, -0.15) is 0 Å². The zero-order valence-electron chi connectivity index (χ0n) is 20.0. The Morgan fingerprint density at radius 3 is 1.94 bits per heavy atom. The van der Waals surface area contributed by atoms with Gasteiger partial charge in [0.15, 0.2) is 0 Å². The highest BCUT2D eigenvalue weighted by molar-refractivity contribution is 5.79. The largest absolute Gasteiger partial charge is 0.448 e. The van der Waals surface area contributed by atoms with Crippen LogP contribution in [0.3, 0.4) is 0 Å². The minimum absolute atomic E-state index is 0.0683. The third-order valence-corrected chi connectivity index (χ3v) is 5.86. The maximum atomic E-state index is 12.5. The Morgan fingerprint density at radius 1 is 0.788 bits per heavy atom. The summed E-state index contributed by atoms with van der Waals surface area (Å²) in [6.07, 6.45) is 3.18. The highest BCUT2D eigenvalue weighted by atomic mass is 16.6. The van der Waals surface area contributed by atoms with E-state index >= 15 is 0 Å². The zero-order valence-corrected chi connectivity index (χ0v) is 20.0. The molecular formula is C27H37NO5. The number of carbonyl (C=O) groups is 1. The summed E-state index contributed by atoms with van der Waals surface area (Å²) < 4.78 is 22.2. The van der Waals surface area contributed by atoms with Crippen LogP contribution in [0.1, 0.15) is 43.2 Å². The Balaban J connectivity index is 1.28. The van der Waals surface area contributed by atoms with Crippen molar-refractivity contribution in [3.05, 3.63) is 59.7 Å². The predicted molar refractivity (Wildman–Crippen MR) is 130 cm³/mol. The second-order valence-electron chi connectivity index (χ2n) is 8.27. The van der Waals surface area contributed by atoms with Crippen LogP contribution in [0.5, 0.6) is 0 Å². The third kappa shape index (κ3) is 7.56. The molecule has 0 unspecified atom stereocenters. The average Bonchev–Trinajstić information content (AvgIpc) is 3.16. The number of likely N-dealkylation sites (N-methyl/N-ethyl adjacent to an activating group) is 1. The van der Waals surface area contributed by atoms with E-state index in [9.17, 15) is 4.79 Å². The Bertz CT molecular complexity index is 810. The van der Waals surface area contributed by atoms with Crippen LogP contribution in [0.2, 0.25) is 0 Å². The zero-order chi connectivity index (χ0) is 23.3. The van der Waals surface area contributed by atoms with Gasteiger partial charge in [-0.1, -0.05) is 68.3 Å². The van der Waals surface area contributed by atoms with Crippen molar-refractivity contribution in [2.24, 2.45) is 0 Å². The van der Waals surface area contributed by atoms with Crippen LogP contribution < -0.4 is 0 Å². The Labute approximate surface area is 197 Å². The van der Waals surface area contributed by atoms with Crippen LogP contribution in [0.15, 0.2) is 48.5 Å². The monoisotopic (exact) mass is 455 g/mol. The van der Waals surface area contributed by atoms with E-state index in [1.807, 2.05) is 24.3 Å². The molecule has 0 aromatic heterocycles. The number of hydrogen-bond acceptors (Lipinski definition) is 5. The lowest BCUT2D eigenvalue weighted by molar-refractivity contribution is 0.0105. The fraction of sp³-hybridized carbons (Fsp3) is 0.519. The molecule has 0 saturated carbocycles. The number of rotatable bonds is 15. The van der Waals surface area contributed by atoms with E-state index in [2.05, 4.69) is 31.2 Å². The Hall–Kier alpha value is -2.41. The lowest BCUT2D eigenvalue weighted by Crippen LogP contribution is -2.32. The molecule has 2 aromatic carbocycles. The van der Waals surface area contributed by atoms with Crippen molar-refractivity contribution in [2.45, 2.75) is 32.1 Å². The van der Waals surface area contributed by atoms with E-state index in [0.717, 1.165) is 13.0 Å². The minimum Gasteiger partial charge on any atom is -0.448 e. The lowest BCUT2D eigenvalue weighted by atomic mass is 9.98. The van der Waals surface area contributed by atoms with Gasteiger partial charge in [0.25, 0.3) is 0 Å². The van der Waals surface area contributed by atoms with E-state index in [1.165, 1.54) is 35.1 Å². The first kappa shape index (κ1) is 25.2. The predicted octanol–water partition coefficient (Wildman–Crippen LogP) is 5.11. The van der Waals surface area contributed by atoms with Crippen molar-refractivity contribution in [3.63, 3.8) is 0 Å². The Morgan fingerprint density at radius 2 is 1.33 bits per heavy atom. The normalized spacial score (nSPS) is 12.4. The molecule has 33 heavy (non-hydrogen) atoms. The summed E-state index contributed by atoms with van der Waals surface area (Å²) in [7, 11) is 1.73. The van der Waals surface area contributed by atoms with Crippen LogP contribution in [-0.2, 0) is 18.9 Å². The number of unbranched alkanes of at least 4 members (excludes halogenated alkanes) is 2. The molecule has 0 spiro atoms. The number of nitrogens with zero attached hydrogens (tertiary/aromatic N) is 1. The SMILES string of the molecule is CCCCCOCCOCCOCCN(C)C(=O)OCC1c2ccccc2-c2ccccc21. The summed E-state index contributed by atoms with van der Waals surface area (Å²) in [4.78, 5) is 14.0. The summed E-state index contributed by atoms with van der Waals surface area (Å²) in [5.41, 5.74) is 4.87. The van der Waals surface area contributed by atoms with Crippen LogP contribution in [-0.4, -0.2) is 70.8 Å². The molecule has 2 aromatic rings. The quantitative estimate of drug-likeness (QED) is 0.350. The standard InChI is InChI=1S/C27H37NO5/c1-3-4-9-15-30-17-19-32-20-18-31-16-14-28(2)27(29)33-21-26-24-12-7-5-10-22(24)23-11-6-8-13-25(23)26/h5-8,10-13,26H,3-4,9,14-21H2,1-2H3. The van der Waals surface area contributed by atoms with Gasteiger partial charge in [0, 0.05) is 26.1 Å². The molecule has 6 heteroatoms. The van der Waals surface area contributed by atoms with Gasteiger partial charge >= 0.3 is 6.09 Å². The van der Waals surface area contributed by atoms with E-state index < -0.39 is 0 Å². The third-order valence-electron chi connectivity index (χ3n) is 5.86. The molecule has 0 atom stereocenters. The van der Waals surface area contributed by atoms with Crippen molar-refractivity contribution in [1.82, 2.24) is 4.90 Å². The van der Waals surface area contributed by atoms with Gasteiger partial charge < -0.3 is 23.8 Å². The number of amides is 1. The maximum Gasteiger partial charge on any atom is 0.409 e. The van der Waals surface area contributed by atoms with Crippen molar-refractivity contribution >= 4 is 6.09 Å². The summed E-state index contributed by atoms with van der Waals surface area (Å²) in [5.74, 6) is 0.0683. The van der Waals surface area contributed by atoms with Crippen LogP contribution in [0.4, 0.5) is 4.79 Å². The topological polar surface area (TPSA) is 57.2 Å². The second-order valence-corrected chi connectivity index (χ2v) is 8.27. The van der Waals surface area contributed by atoms with Crippen LogP contribution >= 0.6 is 0 Å². The molecule has 1 aliphatic rings. The van der Waals surface area contributed by atoms with Crippen molar-refractivity contribution in [2.75, 3.05) is 59.8 Å². The van der Waals surface area contributed by atoms with E-state index in [4.69, 9.17) is 18.9 Å². The summed E-state index contributed by atoms with van der Waals surface area (Å²) in [5, 5.41) is 0. The van der Waals surface area contributed by atoms with Gasteiger partial charge in [-0.15, -0.1) is 0 Å². The molecule has 0 fully saturated rings. The van der Waals surface area contributed by atoms with E-state index in [0.29, 0.717) is 46.2 Å². The first-order chi connectivity index (χ1) is 16.2. The Kier molecular flexibility index (Phi) is 10.7. The molecule has 0 aliphatic heterocycles. The number of ether oxygens (including phenoxy) is 4. The second kappa shape index (κ2) is 14.0. The first-order valence-corrected chi connectivity index (χ1v) is 12.0. The molecule has 0 saturated heterocycles. The van der Waals surface area contributed by atoms with Crippen LogP contribution in [0, 0.1) is 0 Å². The molecule has 1 aliphatic carbocycles. The van der Waals surface area contributed by atoms with Crippen molar-refractivity contribution in [3.8, 4) is 11.1 Å². The number of benzene rings is 2. The average molecular weight is 456 g/mol. The fourth-order valence-electron chi connectivity index (χ4n) is 3.99. The maximum absolute atomic E-state index is 12.5. The molecule has 0 heterocycles. The molecule has 0 radical (unpaired) electrons. The highest BCUT2D eigenvalue weighted by Gasteiger charge is 2.29. The highest BCUT2D eigenvalue weighted by Crippen LogP contribution is 2.44. The molecule has 0 bridgehead atoms. The number of fused-ring (bicyclic) bond motifs is 3. The van der Waals surface area contributed by atoms with Gasteiger partial charge in [-0.25, -0.2) is 4.79 Å². The smallest absolute Gasteiger partial charge is 0.409 e. The van der Waals surface area contributed by atoms with Gasteiger partial charge in [0.1, 0.15) is 6.61 Å². The molecule has 180 valence electrons. The minimum atomic E-state index is -0.336. The molecule has 1 amide bonds. The van der Waals surface area contributed by atoms with E-state index in [-0.39, 0.29) is 12.0 Å². The molecule has 3 rings (SSSR count). The first-order valence-electron chi connectivity index (χ1n) is 12.0. The van der Waals surface area contributed by atoms with Gasteiger partial charge in [0.2, 0.25) is 0 Å². The molecule has 6 nitrogen and oxygen atoms in total. The fourth-order valence-corrected chi connectivity index (χ4v) is 3.99. The van der Waals surface area contributed by atoms with Crippen LogP contribution in [0.25, 0.3) is 11.1 Å². The summed E-state index contributed by atoms with van der Waals surface area (Å²) in [6, 6.07) is 16.7. The van der Waals surface area contributed by atoms with Gasteiger partial charge in [-0.05, 0) is 28.7 Å². The number of hydrogen-bond donors (Lipinski definition) is 0. The van der Waals surface area contributed by atoms with E-state index in [1.54, 1.807) is 11.9 Å². The van der Waals surface area contributed by atoms with Gasteiger partial charge in [0.05, 0.1) is 33.0 Å². The molecule has 0 N–H and O–H groups in total. The van der Waals surface area contributed by atoms with Gasteiger partial charge in [-0.3, -0.25) is 0 Å². The molecular weight excluding hydrogens is 418 g/mol. The van der Waals surface area contributed by atoms with Crippen molar-refractivity contribution in [1.29, 1.82) is 0 Å². The summed E-state index contributed by atoms with van der Waals surface area (Å²) >= 11 is 0. The van der Waals surface area contributed by atoms with Crippen molar-refractivity contribution < 1.29 is 23.7 Å². The summed E-state index contributed by atoms with van der Waals surface area (Å²) in [6.45, 7) is 6.43. The lowest BCUT2D eigenvalue weighted by Gasteiger charge is -2.19. The number of carbonyl (C=O) groups excluding carboxylic acids is 1.